The summed E-state index contributed by atoms with van der Waals surface area (Å²) in [5, 5.41) is 16.7. The Morgan fingerprint density at radius 1 is 0.951 bits per heavy atom. The van der Waals surface area contributed by atoms with Crippen LogP contribution in [0.15, 0.2) is 111 Å². The molecule has 0 aliphatic carbocycles. The van der Waals surface area contributed by atoms with Crippen LogP contribution in [0.4, 0.5) is 17.1 Å². The molecule has 3 amide bonds. The molecule has 1 aliphatic heterocycles. The average molecular weight is 571 g/mol. The van der Waals surface area contributed by atoms with E-state index in [9.17, 15) is 24.5 Å². The van der Waals surface area contributed by atoms with Crippen molar-refractivity contribution in [1.82, 2.24) is 4.90 Å². The first-order valence-electron chi connectivity index (χ1n) is 12.2. The minimum absolute atomic E-state index is 0.0177. The Bertz CT molecular complexity index is 1630. The van der Waals surface area contributed by atoms with Crippen LogP contribution in [-0.4, -0.2) is 34.7 Å². The Kier molecular flexibility index (Phi) is 7.83. The second-order valence-corrected chi connectivity index (χ2v) is 9.80. The monoisotopic (exact) mass is 570 g/mol. The molecule has 0 bridgehead atoms. The summed E-state index contributed by atoms with van der Waals surface area (Å²) < 4.78 is 10.5. The van der Waals surface area contributed by atoms with Crippen molar-refractivity contribution in [2.24, 2.45) is 0 Å². The van der Waals surface area contributed by atoms with Crippen molar-refractivity contribution in [1.29, 1.82) is 0 Å². The van der Waals surface area contributed by atoms with Crippen molar-refractivity contribution >= 4 is 46.5 Å². The Morgan fingerprint density at radius 2 is 1.63 bits per heavy atom. The largest absolute Gasteiger partial charge is 0.497 e. The van der Waals surface area contributed by atoms with Gasteiger partial charge < -0.3 is 19.8 Å². The van der Waals surface area contributed by atoms with E-state index in [1.54, 1.807) is 67.8 Å². The van der Waals surface area contributed by atoms with Crippen LogP contribution in [0, 0.1) is 10.1 Å². The molecule has 0 unspecified atom stereocenters. The van der Waals surface area contributed by atoms with E-state index in [2.05, 4.69) is 10.6 Å². The van der Waals surface area contributed by atoms with Crippen molar-refractivity contribution in [2.45, 2.75) is 11.4 Å². The Morgan fingerprint density at radius 3 is 2.24 bits per heavy atom. The first-order valence-corrected chi connectivity index (χ1v) is 13.0. The maximum atomic E-state index is 13.4. The summed E-state index contributed by atoms with van der Waals surface area (Å²) in [6.07, 6.45) is 1.47. The van der Waals surface area contributed by atoms with Gasteiger partial charge in [0.25, 0.3) is 23.4 Å². The number of nitrogens with one attached hydrogen (secondary N) is 2. The van der Waals surface area contributed by atoms with E-state index in [-0.39, 0.29) is 28.4 Å². The van der Waals surface area contributed by atoms with Gasteiger partial charge in [-0.15, -0.1) is 0 Å². The summed E-state index contributed by atoms with van der Waals surface area (Å²) in [5.41, 5.74) is 1.37. The summed E-state index contributed by atoms with van der Waals surface area (Å²) in [7, 11) is 1.55. The molecule has 0 fully saturated rings. The molecule has 206 valence electrons. The quantitative estimate of drug-likeness (QED) is 0.145. The third-order valence-corrected chi connectivity index (χ3v) is 7.14. The third-order valence-electron chi connectivity index (χ3n) is 6.05. The number of hydrogen-bond donors (Lipinski definition) is 2. The molecule has 0 saturated carbocycles. The highest BCUT2D eigenvalue weighted by Gasteiger charge is 2.39. The van der Waals surface area contributed by atoms with Crippen LogP contribution < -0.4 is 15.4 Å². The van der Waals surface area contributed by atoms with Crippen molar-refractivity contribution < 1.29 is 28.5 Å². The summed E-state index contributed by atoms with van der Waals surface area (Å²) >= 11 is 1.12. The van der Waals surface area contributed by atoms with Gasteiger partial charge in [-0.2, -0.15) is 0 Å². The zero-order valence-corrected chi connectivity index (χ0v) is 22.3. The fraction of sp³-hybridized carbons (Fsp3) is 0.0690. The number of nitro groups is 1. The number of carbonyl (C=O) groups is 3. The zero-order valence-electron chi connectivity index (χ0n) is 21.5. The number of imide groups is 1. The number of amides is 3. The highest BCUT2D eigenvalue weighted by atomic mass is 32.2. The van der Waals surface area contributed by atoms with E-state index in [0.717, 1.165) is 16.7 Å². The number of thioether (sulfide) groups is 1. The normalized spacial score (nSPS) is 13.0. The van der Waals surface area contributed by atoms with E-state index in [1.807, 2.05) is 0 Å². The molecule has 0 radical (unpaired) electrons. The van der Waals surface area contributed by atoms with Crippen molar-refractivity contribution in [2.75, 3.05) is 17.7 Å². The van der Waals surface area contributed by atoms with Gasteiger partial charge in [-0.3, -0.25) is 29.4 Å². The van der Waals surface area contributed by atoms with E-state index in [4.69, 9.17) is 9.15 Å². The SMILES string of the molecule is COc1ccc(NC2=C(Sc3ccc(NC(=O)c4ccc([N+](=O)[O-])cc4)cc3)C(=O)N(Cc3ccco3)C2=O)cc1. The van der Waals surface area contributed by atoms with Gasteiger partial charge in [0.2, 0.25) is 0 Å². The molecule has 2 heterocycles. The fourth-order valence-corrected chi connectivity index (χ4v) is 4.89. The summed E-state index contributed by atoms with van der Waals surface area (Å²) in [6.45, 7) is -0.0177. The first-order chi connectivity index (χ1) is 19.8. The number of carbonyl (C=O) groups excluding carboxylic acids is 3. The van der Waals surface area contributed by atoms with Crippen molar-refractivity contribution in [3.63, 3.8) is 0 Å². The molecule has 1 aromatic heterocycles. The van der Waals surface area contributed by atoms with Gasteiger partial charge in [-0.1, -0.05) is 11.8 Å². The van der Waals surface area contributed by atoms with Crippen LogP contribution in [0.5, 0.6) is 5.75 Å². The minimum atomic E-state index is -0.537. The Balaban J connectivity index is 1.34. The predicted octanol–water partition coefficient (Wildman–Crippen LogP) is 5.43. The molecule has 5 rings (SSSR count). The Hall–Kier alpha value is -5.36. The maximum Gasteiger partial charge on any atom is 0.278 e. The van der Waals surface area contributed by atoms with Gasteiger partial charge in [-0.05, 0) is 72.8 Å². The van der Waals surface area contributed by atoms with Gasteiger partial charge in [-0.25, -0.2) is 0 Å². The number of rotatable bonds is 10. The molecule has 4 aromatic rings. The number of nitro benzene ring substituents is 1. The molecule has 2 N–H and O–H groups in total. The number of benzene rings is 3. The van der Waals surface area contributed by atoms with Crippen LogP contribution in [0.3, 0.4) is 0 Å². The second kappa shape index (κ2) is 11.8. The molecule has 0 spiro atoms. The standard InChI is InChI=1S/C29H22N4O7S/c1-39-22-12-6-19(7-13-22)30-25-26(29(36)32(28(25)35)17-23-3-2-16-40-23)41-24-14-8-20(9-15-24)31-27(34)18-4-10-21(11-5-18)33(37)38/h2-16,30H,17H2,1H3,(H,31,34). The van der Waals surface area contributed by atoms with Crippen LogP contribution in [0.25, 0.3) is 0 Å². The van der Waals surface area contributed by atoms with Crippen LogP contribution in [-0.2, 0) is 16.1 Å². The minimum Gasteiger partial charge on any atom is -0.497 e. The molecule has 11 nitrogen and oxygen atoms in total. The van der Waals surface area contributed by atoms with Gasteiger partial charge in [0, 0.05) is 34.0 Å². The lowest BCUT2D eigenvalue weighted by atomic mass is 10.2. The number of anilines is 2. The number of furan rings is 1. The van der Waals surface area contributed by atoms with Crippen molar-refractivity contribution in [3.8, 4) is 5.75 Å². The molecule has 12 heteroatoms. The van der Waals surface area contributed by atoms with Crippen LogP contribution >= 0.6 is 11.8 Å². The maximum absolute atomic E-state index is 13.4. The lowest BCUT2D eigenvalue weighted by Gasteiger charge is -2.13. The van der Waals surface area contributed by atoms with Crippen molar-refractivity contribution in [3.05, 3.63) is 123 Å². The topological polar surface area (TPSA) is 144 Å². The van der Waals surface area contributed by atoms with E-state index in [1.165, 1.54) is 30.5 Å². The third kappa shape index (κ3) is 6.12. The number of non-ortho nitro benzene ring substituents is 1. The van der Waals surface area contributed by atoms with Gasteiger partial charge in [0.1, 0.15) is 22.1 Å². The van der Waals surface area contributed by atoms with E-state index >= 15 is 0 Å². The highest BCUT2D eigenvalue weighted by molar-refractivity contribution is 8.04. The van der Waals surface area contributed by atoms with Gasteiger partial charge >= 0.3 is 0 Å². The average Bonchev–Trinajstić information content (AvgIpc) is 3.58. The van der Waals surface area contributed by atoms with Crippen LogP contribution in [0.2, 0.25) is 0 Å². The summed E-state index contributed by atoms with van der Waals surface area (Å²) in [6, 6.07) is 22.3. The lowest BCUT2D eigenvalue weighted by Crippen LogP contribution is -2.31. The zero-order chi connectivity index (χ0) is 28.9. The number of methoxy groups -OCH3 is 1. The molecule has 0 saturated heterocycles. The lowest BCUT2D eigenvalue weighted by molar-refractivity contribution is -0.384. The number of ether oxygens (including phenoxy) is 1. The second-order valence-electron chi connectivity index (χ2n) is 8.72. The van der Waals surface area contributed by atoms with Crippen LogP contribution in [0.1, 0.15) is 16.1 Å². The number of nitrogens with zero attached hydrogens (tertiary/aromatic N) is 2. The first kappa shape index (κ1) is 27.2. The molecule has 0 atom stereocenters. The van der Waals surface area contributed by atoms with Gasteiger partial charge in [0.15, 0.2) is 0 Å². The molecule has 1 aliphatic rings. The number of hydrogen-bond acceptors (Lipinski definition) is 9. The Labute approximate surface area is 237 Å². The highest BCUT2D eigenvalue weighted by Crippen LogP contribution is 2.37. The van der Waals surface area contributed by atoms with E-state index < -0.39 is 22.6 Å². The summed E-state index contributed by atoms with van der Waals surface area (Å²) in [5.74, 6) is -0.276. The molecule has 3 aromatic carbocycles. The predicted molar refractivity (Wildman–Crippen MR) is 151 cm³/mol. The summed E-state index contributed by atoms with van der Waals surface area (Å²) in [4.78, 5) is 51.6. The molecule has 41 heavy (non-hydrogen) atoms. The smallest absolute Gasteiger partial charge is 0.278 e. The molecular weight excluding hydrogens is 548 g/mol. The fourth-order valence-electron chi connectivity index (χ4n) is 3.94. The molecular formula is C29H22N4O7S. The van der Waals surface area contributed by atoms with E-state index in [0.29, 0.717) is 27.8 Å². The van der Waals surface area contributed by atoms with Gasteiger partial charge in [0.05, 0.1) is 24.8 Å².